The lowest BCUT2D eigenvalue weighted by Crippen LogP contribution is -2.29. The summed E-state index contributed by atoms with van der Waals surface area (Å²) in [4.78, 5) is 15.4. The van der Waals surface area contributed by atoms with Gasteiger partial charge in [0.05, 0.1) is 12.2 Å². The lowest BCUT2D eigenvalue weighted by molar-refractivity contribution is 0.309. The molecule has 2 N–H and O–H groups in total. The fourth-order valence-electron chi connectivity index (χ4n) is 3.62. The highest BCUT2D eigenvalue weighted by Gasteiger charge is 2.21. The van der Waals surface area contributed by atoms with Crippen molar-refractivity contribution in [1.82, 2.24) is 15.0 Å². The first-order valence-corrected chi connectivity index (χ1v) is 10.1. The van der Waals surface area contributed by atoms with E-state index >= 15 is 0 Å². The van der Waals surface area contributed by atoms with Crippen LogP contribution in [0.5, 0.6) is 5.75 Å². The zero-order chi connectivity index (χ0) is 21.4. The van der Waals surface area contributed by atoms with Crippen molar-refractivity contribution < 1.29 is 4.74 Å². The third kappa shape index (κ3) is 3.63. The summed E-state index contributed by atoms with van der Waals surface area (Å²) in [5.41, 5.74) is 8.99. The standard InChI is InChI=1S/C23H28N6O/c1-13-7-8-18(15(3)14(13)2)26-22-24-12-25-23(28-22)27-19-11-20-21(17(5)16(19)4)30-10-9-29(20)6/h7-8,11-12H,9-10H2,1-6H3,(H2,24,25,26,27,28). The van der Waals surface area contributed by atoms with Crippen LogP contribution >= 0.6 is 0 Å². The average Bonchev–Trinajstić information content (AvgIpc) is 2.73. The SMILES string of the molecule is Cc1ccc(Nc2ncnc(Nc3cc4c(c(C)c3C)OCCN4C)n2)c(C)c1C. The summed E-state index contributed by atoms with van der Waals surface area (Å²) in [7, 11) is 2.08. The highest BCUT2D eigenvalue weighted by Crippen LogP contribution is 2.40. The number of aryl methyl sites for hydroxylation is 1. The number of ether oxygens (including phenoxy) is 1. The summed E-state index contributed by atoms with van der Waals surface area (Å²) in [6.07, 6.45) is 1.52. The molecule has 3 aromatic rings. The van der Waals surface area contributed by atoms with Gasteiger partial charge in [0.1, 0.15) is 18.7 Å². The normalized spacial score (nSPS) is 12.9. The van der Waals surface area contributed by atoms with Crippen molar-refractivity contribution in [3.05, 3.63) is 52.3 Å². The maximum atomic E-state index is 5.90. The van der Waals surface area contributed by atoms with E-state index in [0.717, 1.165) is 40.5 Å². The number of benzene rings is 2. The summed E-state index contributed by atoms with van der Waals surface area (Å²) in [6.45, 7) is 12.1. The van der Waals surface area contributed by atoms with Crippen molar-refractivity contribution in [3.8, 4) is 5.75 Å². The van der Waals surface area contributed by atoms with Gasteiger partial charge in [-0.15, -0.1) is 0 Å². The van der Waals surface area contributed by atoms with Gasteiger partial charge >= 0.3 is 0 Å². The van der Waals surface area contributed by atoms with Crippen molar-refractivity contribution in [2.24, 2.45) is 0 Å². The van der Waals surface area contributed by atoms with Gasteiger partial charge in [-0.1, -0.05) is 6.07 Å². The van der Waals surface area contributed by atoms with Gasteiger partial charge in [-0.3, -0.25) is 0 Å². The van der Waals surface area contributed by atoms with Crippen molar-refractivity contribution in [2.45, 2.75) is 34.6 Å². The second-order valence-electron chi connectivity index (χ2n) is 7.86. The molecule has 0 saturated heterocycles. The number of likely N-dealkylation sites (N-methyl/N-ethyl adjacent to an activating group) is 1. The quantitative estimate of drug-likeness (QED) is 0.651. The van der Waals surface area contributed by atoms with Gasteiger partial charge in [0, 0.05) is 18.4 Å². The number of nitrogens with one attached hydrogen (secondary N) is 2. The van der Waals surface area contributed by atoms with Crippen LogP contribution in [-0.4, -0.2) is 35.2 Å². The number of nitrogens with zero attached hydrogens (tertiary/aromatic N) is 4. The van der Waals surface area contributed by atoms with Crippen LogP contribution in [0.3, 0.4) is 0 Å². The topological polar surface area (TPSA) is 75.2 Å². The molecule has 30 heavy (non-hydrogen) atoms. The van der Waals surface area contributed by atoms with Gasteiger partial charge in [-0.05, 0) is 74.6 Å². The van der Waals surface area contributed by atoms with Crippen LogP contribution in [0.2, 0.25) is 0 Å². The lowest BCUT2D eigenvalue weighted by atomic mass is 10.0. The molecule has 0 atom stereocenters. The Morgan fingerprint density at radius 2 is 1.53 bits per heavy atom. The van der Waals surface area contributed by atoms with Gasteiger partial charge in [0.2, 0.25) is 11.9 Å². The predicted molar refractivity (Wildman–Crippen MR) is 122 cm³/mol. The molecular formula is C23H28N6O. The highest BCUT2D eigenvalue weighted by molar-refractivity contribution is 5.75. The Morgan fingerprint density at radius 3 is 2.27 bits per heavy atom. The minimum atomic E-state index is 0.496. The first-order valence-electron chi connectivity index (χ1n) is 10.1. The third-order valence-electron chi connectivity index (χ3n) is 6.03. The van der Waals surface area contributed by atoms with E-state index in [4.69, 9.17) is 4.74 Å². The molecule has 0 saturated carbocycles. The first-order chi connectivity index (χ1) is 14.3. The van der Waals surface area contributed by atoms with Gasteiger partial charge in [-0.2, -0.15) is 4.98 Å². The summed E-state index contributed by atoms with van der Waals surface area (Å²) < 4.78 is 5.90. The molecule has 0 amide bonds. The Hall–Kier alpha value is -3.35. The van der Waals surface area contributed by atoms with Crippen LogP contribution in [0.1, 0.15) is 27.8 Å². The van der Waals surface area contributed by atoms with Crippen LogP contribution in [0, 0.1) is 34.6 Å². The van der Waals surface area contributed by atoms with Crippen LogP contribution in [0.15, 0.2) is 24.5 Å². The Labute approximate surface area is 177 Å². The summed E-state index contributed by atoms with van der Waals surface area (Å²) in [5.74, 6) is 1.96. The predicted octanol–water partition coefficient (Wildman–Crippen LogP) is 4.73. The molecule has 0 unspecified atom stereocenters. The fourth-order valence-corrected chi connectivity index (χ4v) is 3.62. The zero-order valence-electron chi connectivity index (χ0n) is 18.4. The molecule has 1 aliphatic heterocycles. The minimum Gasteiger partial charge on any atom is -0.489 e. The molecule has 4 rings (SSSR count). The monoisotopic (exact) mass is 404 g/mol. The van der Waals surface area contributed by atoms with E-state index in [-0.39, 0.29) is 0 Å². The molecule has 0 bridgehead atoms. The first kappa shape index (κ1) is 19.9. The van der Waals surface area contributed by atoms with Gasteiger partial charge < -0.3 is 20.3 Å². The second kappa shape index (κ2) is 7.82. The second-order valence-corrected chi connectivity index (χ2v) is 7.86. The van der Waals surface area contributed by atoms with Crippen LogP contribution in [-0.2, 0) is 0 Å². The van der Waals surface area contributed by atoms with E-state index in [1.807, 2.05) is 0 Å². The molecule has 0 fully saturated rings. The molecular weight excluding hydrogens is 376 g/mol. The highest BCUT2D eigenvalue weighted by atomic mass is 16.5. The van der Waals surface area contributed by atoms with E-state index in [9.17, 15) is 0 Å². The number of aromatic nitrogens is 3. The van der Waals surface area contributed by atoms with Crippen molar-refractivity contribution in [2.75, 3.05) is 35.7 Å². The van der Waals surface area contributed by atoms with E-state index in [1.54, 1.807) is 0 Å². The molecule has 1 aromatic heterocycles. The molecule has 0 radical (unpaired) electrons. The molecule has 0 spiro atoms. The molecule has 7 heteroatoms. The van der Waals surface area contributed by atoms with Gasteiger partial charge in [0.15, 0.2) is 0 Å². The Kier molecular flexibility index (Phi) is 5.20. The zero-order valence-corrected chi connectivity index (χ0v) is 18.4. The van der Waals surface area contributed by atoms with Crippen molar-refractivity contribution in [1.29, 1.82) is 0 Å². The molecule has 2 aromatic carbocycles. The summed E-state index contributed by atoms with van der Waals surface area (Å²) in [6, 6.07) is 6.26. The van der Waals surface area contributed by atoms with Gasteiger partial charge in [0.25, 0.3) is 0 Å². The van der Waals surface area contributed by atoms with Crippen LogP contribution in [0.25, 0.3) is 0 Å². The van der Waals surface area contributed by atoms with E-state index in [0.29, 0.717) is 18.5 Å². The number of hydrogen-bond acceptors (Lipinski definition) is 7. The molecule has 1 aliphatic rings. The number of anilines is 5. The van der Waals surface area contributed by atoms with Crippen molar-refractivity contribution >= 4 is 29.0 Å². The Bertz CT molecular complexity index is 1110. The molecule has 2 heterocycles. The summed E-state index contributed by atoms with van der Waals surface area (Å²) >= 11 is 0. The largest absolute Gasteiger partial charge is 0.489 e. The third-order valence-corrected chi connectivity index (χ3v) is 6.03. The molecule has 156 valence electrons. The number of rotatable bonds is 4. The van der Waals surface area contributed by atoms with E-state index in [2.05, 4.69) is 90.4 Å². The minimum absolute atomic E-state index is 0.496. The maximum absolute atomic E-state index is 5.90. The lowest BCUT2D eigenvalue weighted by Gasteiger charge is -2.30. The number of hydrogen-bond donors (Lipinski definition) is 2. The molecule has 7 nitrogen and oxygen atoms in total. The molecule has 0 aliphatic carbocycles. The Morgan fingerprint density at radius 1 is 0.867 bits per heavy atom. The average molecular weight is 405 g/mol. The van der Waals surface area contributed by atoms with E-state index < -0.39 is 0 Å². The maximum Gasteiger partial charge on any atom is 0.232 e. The Balaban J connectivity index is 1.62. The fraction of sp³-hybridized carbons (Fsp3) is 0.348. The van der Waals surface area contributed by atoms with Crippen LogP contribution in [0.4, 0.5) is 29.0 Å². The van der Waals surface area contributed by atoms with Crippen molar-refractivity contribution in [3.63, 3.8) is 0 Å². The van der Waals surface area contributed by atoms with E-state index in [1.165, 1.54) is 23.0 Å². The van der Waals surface area contributed by atoms with Gasteiger partial charge in [-0.25, -0.2) is 9.97 Å². The smallest absolute Gasteiger partial charge is 0.232 e. The summed E-state index contributed by atoms with van der Waals surface area (Å²) in [5, 5.41) is 6.68. The number of fused-ring (bicyclic) bond motifs is 1. The van der Waals surface area contributed by atoms with Crippen LogP contribution < -0.4 is 20.3 Å².